The molecule has 0 unspecified atom stereocenters. The Kier molecular flexibility index (Phi) is 5.78. The smallest absolute Gasteiger partial charge is 0.257 e. The van der Waals surface area contributed by atoms with Gasteiger partial charge in [-0.2, -0.15) is 0 Å². The van der Waals surface area contributed by atoms with Crippen LogP contribution in [0.1, 0.15) is 15.9 Å². The number of rotatable bonds is 5. The van der Waals surface area contributed by atoms with Crippen molar-refractivity contribution in [2.75, 3.05) is 43.6 Å². The lowest BCUT2D eigenvalue weighted by Gasteiger charge is -2.28. The van der Waals surface area contributed by atoms with Gasteiger partial charge in [-0.05, 0) is 43.3 Å². The number of nitrogens with one attached hydrogen (secondary N) is 1. The van der Waals surface area contributed by atoms with Crippen LogP contribution in [0.4, 0.5) is 10.8 Å². The highest BCUT2D eigenvalue weighted by Crippen LogP contribution is 2.33. The zero-order valence-corrected chi connectivity index (χ0v) is 17.3. The van der Waals surface area contributed by atoms with Crippen molar-refractivity contribution >= 4 is 28.1 Å². The van der Waals surface area contributed by atoms with Gasteiger partial charge in [-0.1, -0.05) is 11.6 Å². The molecule has 150 valence electrons. The summed E-state index contributed by atoms with van der Waals surface area (Å²) in [5.74, 6) is 0.591. The van der Waals surface area contributed by atoms with Gasteiger partial charge >= 0.3 is 0 Å². The minimum absolute atomic E-state index is 0.171. The van der Waals surface area contributed by atoms with Gasteiger partial charge in [0, 0.05) is 35.3 Å². The molecule has 1 saturated heterocycles. The van der Waals surface area contributed by atoms with Crippen molar-refractivity contribution in [1.82, 2.24) is 4.98 Å². The topological polar surface area (TPSA) is 63.7 Å². The Morgan fingerprint density at radius 2 is 1.93 bits per heavy atom. The predicted molar refractivity (Wildman–Crippen MR) is 116 cm³/mol. The van der Waals surface area contributed by atoms with Crippen LogP contribution in [0, 0.1) is 6.92 Å². The van der Waals surface area contributed by atoms with Crippen molar-refractivity contribution in [2.24, 2.45) is 0 Å². The molecule has 0 atom stereocenters. The van der Waals surface area contributed by atoms with Crippen LogP contribution in [0.2, 0.25) is 0 Å². The Labute approximate surface area is 174 Å². The number of ether oxygens (including phenoxy) is 2. The number of carbonyl (C=O) groups is 1. The number of thiazole rings is 1. The summed E-state index contributed by atoms with van der Waals surface area (Å²) in [5.41, 5.74) is 4.53. The van der Waals surface area contributed by atoms with Crippen LogP contribution in [0.25, 0.3) is 11.3 Å². The van der Waals surface area contributed by atoms with E-state index < -0.39 is 0 Å². The van der Waals surface area contributed by atoms with Gasteiger partial charge in [0.2, 0.25) is 0 Å². The van der Waals surface area contributed by atoms with Crippen molar-refractivity contribution in [3.8, 4) is 17.0 Å². The molecule has 1 N–H and O–H groups in total. The predicted octanol–water partition coefficient (Wildman–Crippen LogP) is 4.22. The number of anilines is 2. The lowest BCUT2D eigenvalue weighted by atomic mass is 10.1. The van der Waals surface area contributed by atoms with Gasteiger partial charge < -0.3 is 14.4 Å². The van der Waals surface area contributed by atoms with Crippen LogP contribution in [0.15, 0.2) is 47.8 Å². The standard InChI is InChI=1S/C22H23N3O3S/c1-15-3-8-20(27-2)18(13-15)19-14-29-22(23-19)24-21(26)16-4-6-17(7-5-16)25-9-11-28-12-10-25/h3-8,13-14H,9-12H2,1-2H3,(H,23,24,26). The average Bonchev–Trinajstić information content (AvgIpc) is 3.23. The minimum Gasteiger partial charge on any atom is -0.496 e. The van der Waals surface area contributed by atoms with Gasteiger partial charge in [-0.3, -0.25) is 10.1 Å². The number of aryl methyl sites for hydroxylation is 1. The summed E-state index contributed by atoms with van der Waals surface area (Å²) < 4.78 is 10.8. The molecule has 1 aromatic heterocycles. The van der Waals surface area contributed by atoms with E-state index in [1.807, 2.05) is 54.8 Å². The molecule has 0 spiro atoms. The fourth-order valence-electron chi connectivity index (χ4n) is 3.29. The molecule has 0 radical (unpaired) electrons. The van der Waals surface area contributed by atoms with E-state index in [0.29, 0.717) is 10.7 Å². The largest absolute Gasteiger partial charge is 0.496 e. The maximum atomic E-state index is 12.6. The zero-order valence-electron chi connectivity index (χ0n) is 16.5. The molecular formula is C22H23N3O3S. The summed E-state index contributed by atoms with van der Waals surface area (Å²) in [7, 11) is 1.64. The maximum Gasteiger partial charge on any atom is 0.257 e. The van der Waals surface area contributed by atoms with Crippen LogP contribution in [0.3, 0.4) is 0 Å². The molecule has 1 aliphatic rings. The second-order valence-corrected chi connectivity index (χ2v) is 7.70. The van der Waals surface area contributed by atoms with Gasteiger partial charge in [0.1, 0.15) is 5.75 Å². The van der Waals surface area contributed by atoms with Gasteiger partial charge in [0.25, 0.3) is 5.91 Å². The number of benzene rings is 2. The molecule has 6 nitrogen and oxygen atoms in total. The molecule has 0 saturated carbocycles. The average molecular weight is 410 g/mol. The quantitative estimate of drug-likeness (QED) is 0.684. The Morgan fingerprint density at radius 3 is 2.66 bits per heavy atom. The Bertz CT molecular complexity index is 995. The third-order valence-corrected chi connectivity index (χ3v) is 5.62. The molecule has 4 rings (SSSR count). The molecule has 2 aromatic carbocycles. The van der Waals surface area contributed by atoms with E-state index in [1.165, 1.54) is 11.3 Å². The third-order valence-electron chi connectivity index (χ3n) is 4.86. The molecule has 0 aliphatic carbocycles. The van der Waals surface area contributed by atoms with E-state index in [1.54, 1.807) is 7.11 Å². The first kappa shape index (κ1) is 19.4. The van der Waals surface area contributed by atoms with E-state index in [0.717, 1.165) is 54.6 Å². The highest BCUT2D eigenvalue weighted by molar-refractivity contribution is 7.14. The molecular weight excluding hydrogens is 386 g/mol. The van der Waals surface area contributed by atoms with Gasteiger partial charge in [0.05, 0.1) is 26.0 Å². The van der Waals surface area contributed by atoms with E-state index >= 15 is 0 Å². The summed E-state index contributed by atoms with van der Waals surface area (Å²) in [6.45, 7) is 5.24. The molecule has 1 fully saturated rings. The Balaban J connectivity index is 1.46. The second-order valence-electron chi connectivity index (χ2n) is 6.84. The van der Waals surface area contributed by atoms with Crippen LogP contribution >= 0.6 is 11.3 Å². The van der Waals surface area contributed by atoms with Crippen LogP contribution < -0.4 is 15.0 Å². The van der Waals surface area contributed by atoms with Gasteiger partial charge in [-0.25, -0.2) is 4.98 Å². The fraction of sp³-hybridized carbons (Fsp3) is 0.273. The van der Waals surface area contributed by atoms with Crippen molar-refractivity contribution in [1.29, 1.82) is 0 Å². The van der Waals surface area contributed by atoms with Gasteiger partial charge in [0.15, 0.2) is 5.13 Å². The molecule has 29 heavy (non-hydrogen) atoms. The third kappa shape index (κ3) is 4.41. The number of amides is 1. The van der Waals surface area contributed by atoms with Crippen molar-refractivity contribution in [2.45, 2.75) is 6.92 Å². The van der Waals surface area contributed by atoms with Crippen LogP contribution in [-0.4, -0.2) is 44.3 Å². The first-order valence-electron chi connectivity index (χ1n) is 9.49. The monoisotopic (exact) mass is 409 g/mol. The highest BCUT2D eigenvalue weighted by atomic mass is 32.1. The van der Waals surface area contributed by atoms with Crippen LogP contribution in [0.5, 0.6) is 5.75 Å². The van der Waals surface area contributed by atoms with Crippen molar-refractivity contribution in [3.63, 3.8) is 0 Å². The van der Waals surface area contributed by atoms with Crippen molar-refractivity contribution in [3.05, 3.63) is 59.0 Å². The van der Waals surface area contributed by atoms with E-state index in [2.05, 4.69) is 15.2 Å². The summed E-state index contributed by atoms with van der Waals surface area (Å²) in [6, 6.07) is 13.6. The number of methoxy groups -OCH3 is 1. The molecule has 1 aliphatic heterocycles. The Hall–Kier alpha value is -2.90. The molecule has 7 heteroatoms. The maximum absolute atomic E-state index is 12.6. The van der Waals surface area contributed by atoms with E-state index in [-0.39, 0.29) is 5.91 Å². The lowest BCUT2D eigenvalue weighted by molar-refractivity contribution is 0.102. The first-order valence-corrected chi connectivity index (χ1v) is 10.4. The summed E-state index contributed by atoms with van der Waals surface area (Å²) >= 11 is 1.40. The molecule has 1 amide bonds. The number of hydrogen-bond donors (Lipinski definition) is 1. The van der Waals surface area contributed by atoms with Crippen molar-refractivity contribution < 1.29 is 14.3 Å². The zero-order chi connectivity index (χ0) is 20.2. The van der Waals surface area contributed by atoms with Crippen LogP contribution in [-0.2, 0) is 4.74 Å². The number of carbonyl (C=O) groups excluding carboxylic acids is 1. The molecule has 3 aromatic rings. The highest BCUT2D eigenvalue weighted by Gasteiger charge is 2.15. The second kappa shape index (κ2) is 8.63. The Morgan fingerprint density at radius 1 is 1.17 bits per heavy atom. The number of morpholine rings is 1. The molecule has 0 bridgehead atoms. The number of nitrogens with zero attached hydrogens (tertiary/aromatic N) is 2. The minimum atomic E-state index is -0.171. The SMILES string of the molecule is COc1ccc(C)cc1-c1csc(NC(=O)c2ccc(N3CCOCC3)cc2)n1. The number of aromatic nitrogens is 1. The molecule has 2 heterocycles. The summed E-state index contributed by atoms with van der Waals surface area (Å²) in [6.07, 6.45) is 0. The van der Waals surface area contributed by atoms with E-state index in [4.69, 9.17) is 9.47 Å². The summed E-state index contributed by atoms with van der Waals surface area (Å²) in [4.78, 5) is 19.5. The number of hydrogen-bond acceptors (Lipinski definition) is 6. The lowest BCUT2D eigenvalue weighted by Crippen LogP contribution is -2.36. The van der Waals surface area contributed by atoms with Gasteiger partial charge in [-0.15, -0.1) is 11.3 Å². The fourth-order valence-corrected chi connectivity index (χ4v) is 4.00. The first-order chi connectivity index (χ1) is 14.1. The van der Waals surface area contributed by atoms with E-state index in [9.17, 15) is 4.79 Å². The summed E-state index contributed by atoms with van der Waals surface area (Å²) in [5, 5.41) is 5.38. The normalized spacial score (nSPS) is 13.9.